The standard InChI is InChI=1S/C9H9ClN2O2/c10-7-12(13)6-9(11-14-12)8-4-2-1-3-5-8/h1-5H,6-7H2. The Kier molecular flexibility index (Phi) is 2.41. The minimum absolute atomic E-state index is 0.153. The number of benzene rings is 1. The molecule has 0 radical (unpaired) electrons. The summed E-state index contributed by atoms with van der Waals surface area (Å²) >= 11 is 5.46. The van der Waals surface area contributed by atoms with Gasteiger partial charge in [0.05, 0.1) is 0 Å². The van der Waals surface area contributed by atoms with Crippen LogP contribution in [0, 0.1) is 5.21 Å². The van der Waals surface area contributed by atoms with Crippen molar-refractivity contribution in [3.8, 4) is 0 Å². The maximum atomic E-state index is 11.5. The highest BCUT2D eigenvalue weighted by atomic mass is 35.5. The van der Waals surface area contributed by atoms with Crippen LogP contribution in [-0.4, -0.2) is 23.1 Å². The van der Waals surface area contributed by atoms with Crippen LogP contribution in [0.25, 0.3) is 0 Å². The van der Waals surface area contributed by atoms with Gasteiger partial charge in [0, 0.05) is 5.56 Å². The Balaban J connectivity index is 2.17. The Hall–Kier alpha value is -1.10. The van der Waals surface area contributed by atoms with Crippen LogP contribution >= 0.6 is 11.6 Å². The summed E-state index contributed by atoms with van der Waals surface area (Å²) in [7, 11) is 0. The van der Waals surface area contributed by atoms with E-state index in [0.717, 1.165) is 5.56 Å². The molecule has 0 fully saturated rings. The second-order valence-electron chi connectivity index (χ2n) is 3.08. The first kappa shape index (κ1) is 9.45. The van der Waals surface area contributed by atoms with Gasteiger partial charge in [-0.05, 0) is 5.16 Å². The van der Waals surface area contributed by atoms with Crippen LogP contribution < -0.4 is 0 Å². The lowest BCUT2D eigenvalue weighted by molar-refractivity contribution is -1.05. The molecule has 0 aromatic heterocycles. The van der Waals surface area contributed by atoms with Gasteiger partial charge >= 0.3 is 0 Å². The molecule has 14 heavy (non-hydrogen) atoms. The molecule has 0 N–H and O–H groups in total. The van der Waals surface area contributed by atoms with Crippen molar-refractivity contribution < 1.29 is 9.75 Å². The smallest absolute Gasteiger partial charge is 0.195 e. The number of hydroxylamine groups is 4. The van der Waals surface area contributed by atoms with Crippen molar-refractivity contribution in [2.45, 2.75) is 0 Å². The third-order valence-corrected chi connectivity index (χ3v) is 2.34. The highest BCUT2D eigenvalue weighted by Gasteiger charge is 2.29. The summed E-state index contributed by atoms with van der Waals surface area (Å²) in [5.74, 6) is 0. The van der Waals surface area contributed by atoms with Crippen molar-refractivity contribution in [1.29, 1.82) is 0 Å². The number of alkyl halides is 1. The minimum atomic E-state index is -0.939. The first-order valence-electron chi connectivity index (χ1n) is 4.19. The predicted octanol–water partition coefficient (Wildman–Crippen LogP) is 1.85. The van der Waals surface area contributed by atoms with Gasteiger partial charge in [0.1, 0.15) is 0 Å². The molecular weight excluding hydrogens is 204 g/mol. The summed E-state index contributed by atoms with van der Waals surface area (Å²) in [5, 5.41) is 15.2. The molecule has 0 aliphatic carbocycles. The largest absolute Gasteiger partial charge is 0.586 e. The molecule has 1 atom stereocenters. The monoisotopic (exact) mass is 212 g/mol. The van der Waals surface area contributed by atoms with Crippen LogP contribution in [0.2, 0.25) is 0 Å². The number of halogens is 1. The lowest BCUT2D eigenvalue weighted by Gasteiger charge is -2.27. The highest BCUT2D eigenvalue weighted by molar-refractivity contribution is 6.17. The summed E-state index contributed by atoms with van der Waals surface area (Å²) in [5.41, 5.74) is 1.54. The highest BCUT2D eigenvalue weighted by Crippen LogP contribution is 2.18. The number of hydrogen-bond acceptors (Lipinski definition) is 3. The molecule has 0 bridgehead atoms. The van der Waals surface area contributed by atoms with Gasteiger partial charge < -0.3 is 5.21 Å². The zero-order chi connectivity index (χ0) is 10.0. The van der Waals surface area contributed by atoms with Gasteiger partial charge in [-0.15, -0.1) is 4.81 Å². The van der Waals surface area contributed by atoms with E-state index in [1.54, 1.807) is 0 Å². The first-order chi connectivity index (χ1) is 6.73. The van der Waals surface area contributed by atoms with E-state index in [1.807, 2.05) is 30.3 Å². The van der Waals surface area contributed by atoms with Crippen LogP contribution in [0.15, 0.2) is 35.5 Å². The molecule has 0 saturated heterocycles. The number of hydrogen-bond donors (Lipinski definition) is 0. The molecular formula is C9H9ClN2O2. The fourth-order valence-electron chi connectivity index (χ4n) is 1.25. The summed E-state index contributed by atoms with van der Waals surface area (Å²) in [6.07, 6.45) is 0. The van der Waals surface area contributed by atoms with E-state index in [9.17, 15) is 5.21 Å². The normalized spacial score (nSPS) is 25.7. The number of nitrogens with zero attached hydrogens (tertiary/aromatic N) is 2. The minimum Gasteiger partial charge on any atom is -0.586 e. The Morgan fingerprint density at radius 1 is 1.43 bits per heavy atom. The number of rotatable bonds is 2. The molecule has 1 aromatic carbocycles. The van der Waals surface area contributed by atoms with Crippen LogP contribution in [-0.2, 0) is 4.94 Å². The van der Waals surface area contributed by atoms with Crippen molar-refractivity contribution >= 4 is 17.3 Å². The molecule has 1 aliphatic rings. The molecule has 2 rings (SSSR count). The lowest BCUT2D eigenvalue weighted by atomic mass is 10.1. The summed E-state index contributed by atoms with van der Waals surface area (Å²) in [6, 6.07) is 9.28. The van der Waals surface area contributed by atoms with Gasteiger partial charge in [-0.25, -0.2) is 0 Å². The van der Waals surface area contributed by atoms with E-state index in [4.69, 9.17) is 16.5 Å². The van der Waals surface area contributed by atoms with Crippen molar-refractivity contribution in [2.24, 2.45) is 5.16 Å². The second-order valence-corrected chi connectivity index (χ2v) is 3.32. The van der Waals surface area contributed by atoms with Gasteiger partial charge in [0.15, 0.2) is 18.3 Å². The van der Waals surface area contributed by atoms with Crippen LogP contribution in [0.1, 0.15) is 5.56 Å². The van der Waals surface area contributed by atoms with Crippen molar-refractivity contribution in [3.05, 3.63) is 41.1 Å². The molecule has 1 aliphatic heterocycles. The van der Waals surface area contributed by atoms with Gasteiger partial charge in [0.2, 0.25) is 0 Å². The van der Waals surface area contributed by atoms with E-state index in [0.29, 0.717) is 5.71 Å². The Labute approximate surface area is 86.5 Å². The number of oxime groups is 1. The Bertz CT molecular complexity index is 355. The molecule has 1 heterocycles. The molecule has 0 amide bonds. The molecule has 1 unspecified atom stereocenters. The van der Waals surface area contributed by atoms with Crippen molar-refractivity contribution in [1.82, 2.24) is 0 Å². The van der Waals surface area contributed by atoms with E-state index in [2.05, 4.69) is 5.16 Å². The second kappa shape index (κ2) is 3.57. The fraction of sp³-hybridized carbons (Fsp3) is 0.222. The topological polar surface area (TPSA) is 44.7 Å². The lowest BCUT2D eigenvalue weighted by Crippen LogP contribution is -2.38. The number of quaternary nitrogens is 1. The third-order valence-electron chi connectivity index (χ3n) is 1.98. The molecule has 0 saturated carbocycles. The van der Waals surface area contributed by atoms with E-state index in [1.165, 1.54) is 0 Å². The summed E-state index contributed by atoms with van der Waals surface area (Å²) in [4.78, 5) is 3.76. The Morgan fingerprint density at radius 2 is 2.14 bits per heavy atom. The van der Waals surface area contributed by atoms with Gasteiger partial charge in [-0.3, -0.25) is 0 Å². The first-order valence-corrected chi connectivity index (χ1v) is 4.72. The predicted molar refractivity (Wildman–Crippen MR) is 53.3 cm³/mol. The van der Waals surface area contributed by atoms with Crippen molar-refractivity contribution in [2.75, 3.05) is 12.5 Å². The van der Waals surface area contributed by atoms with E-state index < -0.39 is 4.81 Å². The maximum absolute atomic E-state index is 11.5. The zero-order valence-corrected chi connectivity index (χ0v) is 8.15. The van der Waals surface area contributed by atoms with Gasteiger partial charge in [0.25, 0.3) is 0 Å². The van der Waals surface area contributed by atoms with Gasteiger partial charge in [-0.1, -0.05) is 41.9 Å². The molecule has 74 valence electrons. The molecule has 1 aromatic rings. The van der Waals surface area contributed by atoms with Crippen LogP contribution in [0.5, 0.6) is 0 Å². The quantitative estimate of drug-likeness (QED) is 0.325. The van der Waals surface area contributed by atoms with Crippen molar-refractivity contribution in [3.63, 3.8) is 0 Å². The fourth-order valence-corrected chi connectivity index (χ4v) is 1.38. The summed E-state index contributed by atoms with van der Waals surface area (Å²) < 4.78 is 0. The zero-order valence-electron chi connectivity index (χ0n) is 7.39. The Morgan fingerprint density at radius 3 is 2.71 bits per heavy atom. The third kappa shape index (κ3) is 1.72. The molecule has 4 nitrogen and oxygen atoms in total. The molecule has 0 spiro atoms. The van der Waals surface area contributed by atoms with E-state index >= 15 is 0 Å². The van der Waals surface area contributed by atoms with Crippen LogP contribution in [0.4, 0.5) is 0 Å². The maximum Gasteiger partial charge on any atom is 0.195 e. The van der Waals surface area contributed by atoms with Crippen LogP contribution in [0.3, 0.4) is 0 Å². The van der Waals surface area contributed by atoms with Gasteiger partial charge in [-0.2, -0.15) is 4.94 Å². The summed E-state index contributed by atoms with van der Waals surface area (Å²) in [6.45, 7) is 0.160. The van der Waals surface area contributed by atoms with E-state index in [-0.39, 0.29) is 12.5 Å². The SMILES string of the molecule is [O-][N+]1(CCl)CC(c2ccccc2)=NO1. The average Bonchev–Trinajstić information content (AvgIpc) is 2.63. The average molecular weight is 213 g/mol. The molecule has 5 heteroatoms.